The molecule has 1 fully saturated rings. The van der Waals surface area contributed by atoms with Crippen LogP contribution in [0.3, 0.4) is 0 Å². The molecule has 1 aromatic heterocycles. The van der Waals surface area contributed by atoms with E-state index in [9.17, 15) is 4.79 Å². The monoisotopic (exact) mass is 358 g/mol. The molecule has 1 amide bonds. The summed E-state index contributed by atoms with van der Waals surface area (Å²) in [5.74, 6) is -0.193. The average Bonchev–Trinajstić information content (AvgIpc) is 2.75. The van der Waals surface area contributed by atoms with Crippen molar-refractivity contribution in [1.29, 1.82) is 0 Å². The second kappa shape index (κ2) is 7.91. The highest BCUT2D eigenvalue weighted by Gasteiger charge is 2.18. The van der Waals surface area contributed by atoms with Gasteiger partial charge in [0.05, 0.1) is 11.9 Å². The van der Waals surface area contributed by atoms with E-state index in [0.717, 1.165) is 37.6 Å². The Hall–Kier alpha value is -3.34. The van der Waals surface area contributed by atoms with Gasteiger partial charge in [0.2, 0.25) is 0 Å². The van der Waals surface area contributed by atoms with Gasteiger partial charge in [-0.25, -0.2) is 4.98 Å². The molecule has 0 saturated carbocycles. The highest BCUT2D eigenvalue weighted by molar-refractivity contribution is 6.02. The molecule has 0 bridgehead atoms. The maximum Gasteiger partial charge on any atom is 0.274 e. The van der Waals surface area contributed by atoms with E-state index < -0.39 is 0 Å². The fourth-order valence-electron chi connectivity index (χ4n) is 3.29. The standard InChI is InChI=1S/C22H22N4O/c27-22(24-18-7-3-1-4-8-18)21-12-11-20(17-23-21)26-15-13-25(14-16-26)19-9-5-2-6-10-19/h1-12,17H,13-16H2,(H,24,27). The second-order valence-electron chi connectivity index (χ2n) is 6.53. The van der Waals surface area contributed by atoms with Crippen LogP contribution in [0.1, 0.15) is 10.5 Å². The molecule has 5 nitrogen and oxygen atoms in total. The van der Waals surface area contributed by atoms with Crippen LogP contribution in [-0.4, -0.2) is 37.1 Å². The first-order valence-corrected chi connectivity index (χ1v) is 9.17. The van der Waals surface area contributed by atoms with E-state index in [1.54, 1.807) is 12.3 Å². The lowest BCUT2D eigenvalue weighted by molar-refractivity contribution is 0.102. The molecule has 27 heavy (non-hydrogen) atoms. The van der Waals surface area contributed by atoms with Crippen molar-refractivity contribution in [3.8, 4) is 0 Å². The van der Waals surface area contributed by atoms with Gasteiger partial charge in [-0.05, 0) is 36.4 Å². The molecule has 2 heterocycles. The maximum absolute atomic E-state index is 12.3. The molecule has 1 aliphatic heterocycles. The zero-order chi connectivity index (χ0) is 18.5. The average molecular weight is 358 g/mol. The van der Waals surface area contributed by atoms with Crippen molar-refractivity contribution in [2.45, 2.75) is 0 Å². The molecule has 5 heteroatoms. The molecule has 2 aromatic carbocycles. The highest BCUT2D eigenvalue weighted by Crippen LogP contribution is 2.20. The van der Waals surface area contributed by atoms with Crippen molar-refractivity contribution < 1.29 is 4.79 Å². The van der Waals surface area contributed by atoms with Crippen LogP contribution in [0, 0.1) is 0 Å². The zero-order valence-electron chi connectivity index (χ0n) is 15.1. The highest BCUT2D eigenvalue weighted by atomic mass is 16.1. The number of nitrogens with zero attached hydrogens (tertiary/aromatic N) is 3. The van der Waals surface area contributed by atoms with E-state index in [1.807, 2.05) is 42.5 Å². The summed E-state index contributed by atoms with van der Waals surface area (Å²) in [5, 5.41) is 2.86. The topological polar surface area (TPSA) is 48.5 Å². The summed E-state index contributed by atoms with van der Waals surface area (Å²) in [7, 11) is 0. The molecular formula is C22H22N4O. The first-order valence-electron chi connectivity index (χ1n) is 9.17. The van der Waals surface area contributed by atoms with Gasteiger partial charge in [0, 0.05) is 37.6 Å². The molecule has 0 aliphatic carbocycles. The number of aromatic nitrogens is 1. The minimum atomic E-state index is -0.193. The van der Waals surface area contributed by atoms with Crippen molar-refractivity contribution in [2.75, 3.05) is 41.3 Å². The summed E-state index contributed by atoms with van der Waals surface area (Å²) in [6, 6.07) is 23.7. The Bertz CT molecular complexity index is 873. The van der Waals surface area contributed by atoms with Crippen LogP contribution in [0.25, 0.3) is 0 Å². The third-order valence-corrected chi connectivity index (χ3v) is 4.78. The number of pyridine rings is 1. The van der Waals surface area contributed by atoms with Gasteiger partial charge in [-0.1, -0.05) is 36.4 Å². The van der Waals surface area contributed by atoms with Crippen molar-refractivity contribution in [2.24, 2.45) is 0 Å². The maximum atomic E-state index is 12.3. The largest absolute Gasteiger partial charge is 0.368 e. The van der Waals surface area contributed by atoms with Gasteiger partial charge in [-0.3, -0.25) is 4.79 Å². The molecule has 0 unspecified atom stereocenters. The van der Waals surface area contributed by atoms with Gasteiger partial charge in [-0.15, -0.1) is 0 Å². The smallest absolute Gasteiger partial charge is 0.274 e. The number of piperazine rings is 1. The Morgan fingerprint density at radius 2 is 1.33 bits per heavy atom. The Labute approximate surface area is 159 Å². The van der Waals surface area contributed by atoms with Crippen LogP contribution in [-0.2, 0) is 0 Å². The summed E-state index contributed by atoms with van der Waals surface area (Å²) >= 11 is 0. The van der Waals surface area contributed by atoms with E-state index >= 15 is 0 Å². The van der Waals surface area contributed by atoms with Gasteiger partial charge < -0.3 is 15.1 Å². The van der Waals surface area contributed by atoms with Crippen molar-refractivity contribution in [3.63, 3.8) is 0 Å². The predicted octanol–water partition coefficient (Wildman–Crippen LogP) is 3.66. The predicted molar refractivity (Wildman–Crippen MR) is 110 cm³/mol. The Morgan fingerprint density at radius 3 is 1.93 bits per heavy atom. The fraction of sp³-hybridized carbons (Fsp3) is 0.182. The number of benzene rings is 2. The van der Waals surface area contributed by atoms with E-state index in [4.69, 9.17) is 0 Å². The molecule has 1 aliphatic rings. The fourth-order valence-corrected chi connectivity index (χ4v) is 3.29. The third-order valence-electron chi connectivity index (χ3n) is 4.78. The third kappa shape index (κ3) is 4.08. The molecule has 0 radical (unpaired) electrons. The van der Waals surface area contributed by atoms with E-state index in [-0.39, 0.29) is 5.91 Å². The number of hydrogen-bond acceptors (Lipinski definition) is 4. The van der Waals surface area contributed by atoms with Crippen LogP contribution < -0.4 is 15.1 Å². The van der Waals surface area contributed by atoms with Crippen molar-refractivity contribution >= 4 is 23.0 Å². The van der Waals surface area contributed by atoms with E-state index in [2.05, 4.69) is 44.4 Å². The number of amides is 1. The molecule has 3 aromatic rings. The Kier molecular flexibility index (Phi) is 5.01. The molecule has 4 rings (SSSR count). The molecular weight excluding hydrogens is 336 g/mol. The number of hydrogen-bond donors (Lipinski definition) is 1. The first kappa shape index (κ1) is 17.1. The van der Waals surface area contributed by atoms with Crippen LogP contribution >= 0.6 is 0 Å². The lowest BCUT2D eigenvalue weighted by Gasteiger charge is -2.37. The van der Waals surface area contributed by atoms with Gasteiger partial charge >= 0.3 is 0 Å². The minimum absolute atomic E-state index is 0.193. The summed E-state index contributed by atoms with van der Waals surface area (Å²) in [4.78, 5) is 21.4. The molecule has 1 N–H and O–H groups in total. The minimum Gasteiger partial charge on any atom is -0.368 e. The Balaban J connectivity index is 1.36. The van der Waals surface area contributed by atoms with Crippen molar-refractivity contribution in [1.82, 2.24) is 4.98 Å². The van der Waals surface area contributed by atoms with Crippen molar-refractivity contribution in [3.05, 3.63) is 84.7 Å². The SMILES string of the molecule is O=C(Nc1ccccc1)c1ccc(N2CCN(c3ccccc3)CC2)cn1. The summed E-state index contributed by atoms with van der Waals surface area (Å²) in [5.41, 5.74) is 3.51. The number of carbonyl (C=O) groups is 1. The summed E-state index contributed by atoms with van der Waals surface area (Å²) in [6.07, 6.45) is 1.79. The number of para-hydroxylation sites is 2. The normalized spacial score (nSPS) is 14.1. The molecule has 136 valence electrons. The van der Waals surface area contributed by atoms with Gasteiger partial charge in [0.15, 0.2) is 0 Å². The zero-order valence-corrected chi connectivity index (χ0v) is 15.1. The van der Waals surface area contributed by atoms with Crippen LogP contribution in [0.15, 0.2) is 79.0 Å². The number of carbonyl (C=O) groups excluding carboxylic acids is 1. The van der Waals surface area contributed by atoms with Crippen LogP contribution in [0.4, 0.5) is 17.1 Å². The first-order chi connectivity index (χ1) is 13.3. The van der Waals surface area contributed by atoms with Crippen LogP contribution in [0.2, 0.25) is 0 Å². The number of nitrogens with one attached hydrogen (secondary N) is 1. The lowest BCUT2D eigenvalue weighted by atomic mass is 10.2. The van der Waals surface area contributed by atoms with Crippen LogP contribution in [0.5, 0.6) is 0 Å². The lowest BCUT2D eigenvalue weighted by Crippen LogP contribution is -2.46. The van der Waals surface area contributed by atoms with Gasteiger partial charge in [-0.2, -0.15) is 0 Å². The van der Waals surface area contributed by atoms with Gasteiger partial charge in [0.1, 0.15) is 5.69 Å². The summed E-state index contributed by atoms with van der Waals surface area (Å²) in [6.45, 7) is 3.82. The van der Waals surface area contributed by atoms with E-state index in [1.165, 1.54) is 5.69 Å². The second-order valence-corrected chi connectivity index (χ2v) is 6.53. The van der Waals surface area contributed by atoms with Gasteiger partial charge in [0.25, 0.3) is 5.91 Å². The van der Waals surface area contributed by atoms with E-state index in [0.29, 0.717) is 5.69 Å². The summed E-state index contributed by atoms with van der Waals surface area (Å²) < 4.78 is 0. The quantitative estimate of drug-likeness (QED) is 0.773. The molecule has 1 saturated heterocycles. The molecule has 0 atom stereocenters. The number of rotatable bonds is 4. The number of anilines is 3. The Morgan fingerprint density at radius 1 is 0.741 bits per heavy atom. The molecule has 0 spiro atoms.